The van der Waals surface area contributed by atoms with Crippen molar-refractivity contribution in [3.8, 4) is 17.6 Å². The third kappa shape index (κ3) is 1.77. The van der Waals surface area contributed by atoms with E-state index in [-0.39, 0.29) is 12.5 Å². The quantitative estimate of drug-likeness (QED) is 0.684. The van der Waals surface area contributed by atoms with Gasteiger partial charge in [0, 0.05) is 0 Å². The Hall–Kier alpha value is -2.02. The van der Waals surface area contributed by atoms with Gasteiger partial charge in [0.2, 0.25) is 0 Å². The second-order valence-electron chi connectivity index (χ2n) is 3.21. The number of hydrogen-bond donors (Lipinski definition) is 0. The smallest absolute Gasteiger partial charge is 0.171 e. The number of nitriles is 1. The molecule has 1 aliphatic heterocycles. The van der Waals surface area contributed by atoms with Gasteiger partial charge in [0.05, 0.1) is 18.1 Å². The van der Waals surface area contributed by atoms with Gasteiger partial charge in [-0.05, 0) is 12.1 Å². The molecule has 1 aromatic rings. The SMILES string of the molecule is N#CCC1COc2c(C=O)cccc2O1. The molecule has 1 aromatic carbocycles. The third-order valence-electron chi connectivity index (χ3n) is 2.16. The van der Waals surface area contributed by atoms with Crippen LogP contribution in [0.1, 0.15) is 16.8 Å². The molecule has 2 rings (SSSR count). The van der Waals surface area contributed by atoms with E-state index in [1.807, 2.05) is 6.07 Å². The summed E-state index contributed by atoms with van der Waals surface area (Å²) in [5.41, 5.74) is 0.475. The van der Waals surface area contributed by atoms with Gasteiger partial charge in [-0.1, -0.05) is 6.07 Å². The van der Waals surface area contributed by atoms with Crippen LogP contribution >= 0.6 is 0 Å². The lowest BCUT2D eigenvalue weighted by Crippen LogP contribution is -2.29. The number of carbonyl (C=O) groups excluding carboxylic acids is 1. The minimum atomic E-state index is -0.246. The molecule has 76 valence electrons. The maximum atomic E-state index is 10.7. The molecule has 15 heavy (non-hydrogen) atoms. The van der Waals surface area contributed by atoms with Gasteiger partial charge in [0.1, 0.15) is 12.7 Å². The fourth-order valence-electron chi connectivity index (χ4n) is 1.47. The van der Waals surface area contributed by atoms with Gasteiger partial charge < -0.3 is 9.47 Å². The fraction of sp³-hybridized carbons (Fsp3) is 0.273. The highest BCUT2D eigenvalue weighted by Crippen LogP contribution is 2.34. The number of fused-ring (bicyclic) bond motifs is 1. The van der Waals surface area contributed by atoms with E-state index in [1.54, 1.807) is 18.2 Å². The first kappa shape index (κ1) is 9.53. The number of carbonyl (C=O) groups is 1. The first-order valence-electron chi connectivity index (χ1n) is 4.59. The molecule has 1 aliphatic rings. The molecule has 1 heterocycles. The van der Waals surface area contributed by atoms with Crippen LogP contribution in [0, 0.1) is 11.3 Å². The van der Waals surface area contributed by atoms with Crippen molar-refractivity contribution >= 4 is 6.29 Å². The number of nitrogens with zero attached hydrogens (tertiary/aromatic N) is 1. The van der Waals surface area contributed by atoms with Gasteiger partial charge in [0.25, 0.3) is 0 Å². The van der Waals surface area contributed by atoms with Gasteiger partial charge >= 0.3 is 0 Å². The highest BCUT2D eigenvalue weighted by Gasteiger charge is 2.22. The molecule has 0 N–H and O–H groups in total. The highest BCUT2D eigenvalue weighted by atomic mass is 16.6. The van der Waals surface area contributed by atoms with Crippen LogP contribution in [0.25, 0.3) is 0 Å². The van der Waals surface area contributed by atoms with E-state index in [0.717, 1.165) is 6.29 Å². The summed E-state index contributed by atoms with van der Waals surface area (Å²) >= 11 is 0. The van der Waals surface area contributed by atoms with Gasteiger partial charge in [-0.15, -0.1) is 0 Å². The average Bonchev–Trinajstić information content (AvgIpc) is 2.28. The lowest BCUT2D eigenvalue weighted by atomic mass is 10.1. The number of aldehydes is 1. The average molecular weight is 203 g/mol. The first-order valence-corrected chi connectivity index (χ1v) is 4.59. The van der Waals surface area contributed by atoms with E-state index >= 15 is 0 Å². The number of rotatable bonds is 2. The maximum absolute atomic E-state index is 10.7. The van der Waals surface area contributed by atoms with Crippen molar-refractivity contribution in [3.63, 3.8) is 0 Å². The topological polar surface area (TPSA) is 59.3 Å². The van der Waals surface area contributed by atoms with Gasteiger partial charge in [-0.25, -0.2) is 0 Å². The Morgan fingerprint density at radius 3 is 3.20 bits per heavy atom. The lowest BCUT2D eigenvalue weighted by Gasteiger charge is -2.25. The Kier molecular flexibility index (Phi) is 2.55. The Morgan fingerprint density at radius 2 is 2.47 bits per heavy atom. The predicted octanol–water partition coefficient (Wildman–Crippen LogP) is 1.55. The molecule has 1 atom stereocenters. The lowest BCUT2D eigenvalue weighted by molar-refractivity contribution is 0.0915. The van der Waals surface area contributed by atoms with Crippen molar-refractivity contribution in [2.24, 2.45) is 0 Å². The minimum absolute atomic E-state index is 0.246. The van der Waals surface area contributed by atoms with Gasteiger partial charge in [-0.3, -0.25) is 4.79 Å². The number of ether oxygens (including phenoxy) is 2. The van der Waals surface area contributed by atoms with Crippen molar-refractivity contribution in [1.29, 1.82) is 5.26 Å². The van der Waals surface area contributed by atoms with Crippen LogP contribution in [0.4, 0.5) is 0 Å². The molecule has 0 aliphatic carbocycles. The van der Waals surface area contributed by atoms with Crippen LogP contribution in [0.15, 0.2) is 18.2 Å². The monoisotopic (exact) mass is 203 g/mol. The van der Waals surface area contributed by atoms with Crippen LogP contribution < -0.4 is 9.47 Å². The number of para-hydroxylation sites is 1. The van der Waals surface area contributed by atoms with Crippen LogP contribution in [-0.4, -0.2) is 19.0 Å². The fourth-order valence-corrected chi connectivity index (χ4v) is 1.47. The first-order chi connectivity index (χ1) is 7.35. The summed E-state index contributed by atoms with van der Waals surface area (Å²) in [5, 5.41) is 8.53. The summed E-state index contributed by atoms with van der Waals surface area (Å²) in [7, 11) is 0. The van der Waals surface area contributed by atoms with E-state index in [4.69, 9.17) is 14.7 Å². The van der Waals surface area contributed by atoms with Crippen molar-refractivity contribution in [3.05, 3.63) is 23.8 Å². The Balaban J connectivity index is 2.28. The van der Waals surface area contributed by atoms with Crippen molar-refractivity contribution in [1.82, 2.24) is 0 Å². The summed E-state index contributed by atoms with van der Waals surface area (Å²) in [5.74, 6) is 1.01. The molecular formula is C11H9NO3. The van der Waals surface area contributed by atoms with E-state index in [2.05, 4.69) is 0 Å². The zero-order valence-corrected chi connectivity index (χ0v) is 7.97. The van der Waals surface area contributed by atoms with Crippen molar-refractivity contribution in [2.45, 2.75) is 12.5 Å². The molecule has 0 radical (unpaired) electrons. The third-order valence-corrected chi connectivity index (χ3v) is 2.16. The van der Waals surface area contributed by atoms with Crippen LogP contribution in [0.3, 0.4) is 0 Å². The maximum Gasteiger partial charge on any atom is 0.171 e. The molecular weight excluding hydrogens is 194 g/mol. The summed E-state index contributed by atoms with van der Waals surface area (Å²) in [6, 6.07) is 7.14. The zero-order chi connectivity index (χ0) is 10.7. The van der Waals surface area contributed by atoms with E-state index in [9.17, 15) is 4.79 Å². The van der Waals surface area contributed by atoms with E-state index in [0.29, 0.717) is 23.7 Å². The summed E-state index contributed by atoms with van der Waals surface area (Å²) in [6.45, 7) is 0.311. The highest BCUT2D eigenvalue weighted by molar-refractivity contribution is 5.81. The standard InChI is InChI=1S/C11H9NO3/c12-5-4-9-7-14-11-8(6-13)2-1-3-10(11)15-9/h1-3,6,9H,4,7H2. The molecule has 0 saturated carbocycles. The predicted molar refractivity (Wildman–Crippen MR) is 52.0 cm³/mol. The molecule has 0 fully saturated rings. The van der Waals surface area contributed by atoms with Crippen molar-refractivity contribution < 1.29 is 14.3 Å². The summed E-state index contributed by atoms with van der Waals surface area (Å²) < 4.78 is 10.9. The summed E-state index contributed by atoms with van der Waals surface area (Å²) in [6.07, 6.45) is 0.766. The van der Waals surface area contributed by atoms with Gasteiger partial charge in [0.15, 0.2) is 17.8 Å². The second kappa shape index (κ2) is 4.01. The largest absolute Gasteiger partial charge is 0.485 e. The minimum Gasteiger partial charge on any atom is -0.485 e. The van der Waals surface area contributed by atoms with Crippen molar-refractivity contribution in [2.75, 3.05) is 6.61 Å². The molecule has 4 heteroatoms. The van der Waals surface area contributed by atoms with Gasteiger partial charge in [-0.2, -0.15) is 5.26 Å². The molecule has 0 saturated heterocycles. The van der Waals surface area contributed by atoms with Crippen LogP contribution in [-0.2, 0) is 0 Å². The Morgan fingerprint density at radius 1 is 1.60 bits per heavy atom. The molecule has 4 nitrogen and oxygen atoms in total. The molecule has 0 amide bonds. The Labute approximate surface area is 87.0 Å². The summed E-state index contributed by atoms with van der Waals surface area (Å²) in [4.78, 5) is 10.7. The molecule has 0 aromatic heterocycles. The normalized spacial score (nSPS) is 17.9. The second-order valence-corrected chi connectivity index (χ2v) is 3.21. The zero-order valence-electron chi connectivity index (χ0n) is 7.97. The van der Waals surface area contributed by atoms with E-state index < -0.39 is 0 Å². The molecule has 1 unspecified atom stereocenters. The molecule has 0 bridgehead atoms. The molecule has 0 spiro atoms. The van der Waals surface area contributed by atoms with Crippen LogP contribution in [0.5, 0.6) is 11.5 Å². The Bertz CT molecular complexity index is 422. The van der Waals surface area contributed by atoms with Crippen LogP contribution in [0.2, 0.25) is 0 Å². The number of benzene rings is 1. The number of hydrogen-bond acceptors (Lipinski definition) is 4. The van der Waals surface area contributed by atoms with E-state index in [1.165, 1.54) is 0 Å².